The minimum absolute atomic E-state index is 0.0505. The summed E-state index contributed by atoms with van der Waals surface area (Å²) in [4.78, 5) is 20.5. The molecule has 14 rings (SSSR count). The number of nitrogens with zero attached hydrogens (tertiary/aromatic N) is 8. The highest BCUT2D eigenvalue weighted by atomic mass is 19.4. The first-order chi connectivity index (χ1) is 52.2. The van der Waals surface area contributed by atoms with E-state index < -0.39 is 37.7 Å². The summed E-state index contributed by atoms with van der Waals surface area (Å²) in [6.07, 6.45) is 6.09. The third-order valence-corrected chi connectivity index (χ3v) is 24.6. The molecule has 16 nitrogen and oxygen atoms in total. The number of benzene rings is 4. The molecule has 4 aromatic rings. The van der Waals surface area contributed by atoms with Gasteiger partial charge >= 0.3 is 6.18 Å². The lowest BCUT2D eigenvalue weighted by atomic mass is 9.84. The molecule has 0 bridgehead atoms. The van der Waals surface area contributed by atoms with Crippen molar-refractivity contribution in [1.82, 2.24) is 39.2 Å². The minimum Gasteiger partial charge on any atom is -0.493 e. The lowest BCUT2D eigenvalue weighted by molar-refractivity contribution is -0.139. The van der Waals surface area contributed by atoms with E-state index in [9.17, 15) is 26.3 Å². The third-order valence-electron chi connectivity index (χ3n) is 24.6. The number of ether oxygens (including phenoxy) is 8. The lowest BCUT2D eigenvalue weighted by Crippen LogP contribution is -2.55. The second-order valence-corrected chi connectivity index (χ2v) is 38.8. The number of methoxy groups -OCH3 is 4. The zero-order valence-corrected chi connectivity index (χ0v) is 71.0. The van der Waals surface area contributed by atoms with Crippen LogP contribution in [0.1, 0.15) is 203 Å². The first kappa shape index (κ1) is 86.4. The van der Waals surface area contributed by atoms with Crippen LogP contribution in [0.15, 0.2) is 48.5 Å². The molecule has 0 spiro atoms. The maximum atomic E-state index is 13.2. The van der Waals surface area contributed by atoms with Gasteiger partial charge in [-0.3, -0.25) is 19.6 Å². The van der Waals surface area contributed by atoms with Crippen LogP contribution in [-0.4, -0.2) is 244 Å². The molecule has 0 N–H and O–H groups in total. The SMILES string of the molecule is COc1cc2c(cc1OCC1CC1(F)F)CCN1C[C@@H](CC(C)(C)C)N(C)C[C@H]21.COc1cc2c(cc1OCC1CC1)CCN1C[C@@H](CC(C)(C)C)N(C)C[C@H]21.COc1cc2c(cc1OCCC(F)(F)F)CCN1C[C@@H](CC(C)(C)C)N(C)C[C@H]21.COc1cc2c(cc1OCCF)CCN1C[C@@H](CC(C)(C)C)N(C)C[C@H]21. The lowest BCUT2D eigenvalue weighted by Gasteiger charge is -2.49. The summed E-state index contributed by atoms with van der Waals surface area (Å²) in [5, 5.41) is 0. The van der Waals surface area contributed by atoms with E-state index in [2.05, 4.69) is 181 Å². The van der Waals surface area contributed by atoms with Gasteiger partial charge in [0.2, 0.25) is 0 Å². The van der Waals surface area contributed by atoms with E-state index in [0.29, 0.717) is 93.0 Å². The van der Waals surface area contributed by atoms with E-state index in [4.69, 9.17) is 37.9 Å². The summed E-state index contributed by atoms with van der Waals surface area (Å²) >= 11 is 0. The molecule has 2 aliphatic carbocycles. The van der Waals surface area contributed by atoms with Crippen LogP contribution in [0.25, 0.3) is 0 Å². The smallest absolute Gasteiger partial charge is 0.392 e. The molecule has 622 valence electrons. The second-order valence-electron chi connectivity index (χ2n) is 38.8. The van der Waals surface area contributed by atoms with Gasteiger partial charge in [0.05, 0.1) is 60.6 Å². The van der Waals surface area contributed by atoms with Crippen molar-refractivity contribution < 1.29 is 64.2 Å². The second kappa shape index (κ2) is 35.6. The fraction of sp³-hybridized carbons (Fsp3) is 0.730. The molecule has 8 heterocycles. The summed E-state index contributed by atoms with van der Waals surface area (Å²) in [5.41, 5.74) is 11.7. The van der Waals surface area contributed by atoms with Gasteiger partial charge in [-0.05, 0) is 213 Å². The Bertz CT molecular complexity index is 3730. The Hall–Kier alpha value is -5.46. The highest BCUT2D eigenvalue weighted by molar-refractivity contribution is 5.53. The molecule has 4 saturated heterocycles. The van der Waals surface area contributed by atoms with Crippen molar-refractivity contribution in [2.24, 2.45) is 33.5 Å². The number of piperazine rings is 4. The van der Waals surface area contributed by atoms with Gasteiger partial charge in [0, 0.05) is 133 Å². The predicted octanol–water partition coefficient (Wildman–Crippen LogP) is 16.9. The number of hydrogen-bond donors (Lipinski definition) is 0. The summed E-state index contributed by atoms with van der Waals surface area (Å²) < 4.78 is 121. The fourth-order valence-electron chi connectivity index (χ4n) is 18.5. The summed E-state index contributed by atoms with van der Waals surface area (Å²) in [5.74, 6) is 2.89. The molecular formula is C89H136F6N8O8. The van der Waals surface area contributed by atoms with Gasteiger partial charge in [-0.15, -0.1) is 0 Å². The average Bonchev–Trinajstić information content (AvgIpc) is 1.56. The predicted molar refractivity (Wildman–Crippen MR) is 430 cm³/mol. The van der Waals surface area contributed by atoms with Gasteiger partial charge in [-0.1, -0.05) is 83.1 Å². The van der Waals surface area contributed by atoms with E-state index in [-0.39, 0.29) is 31.1 Å². The number of likely N-dealkylation sites (N-methyl/N-ethyl adjacent to an activating group) is 4. The number of hydrogen-bond acceptors (Lipinski definition) is 16. The molecule has 0 aromatic heterocycles. The normalized spacial score (nSPS) is 25.8. The monoisotopic (exact) mass is 1560 g/mol. The van der Waals surface area contributed by atoms with Crippen LogP contribution in [0.3, 0.4) is 0 Å². The Morgan fingerprint density at radius 3 is 0.892 bits per heavy atom. The van der Waals surface area contributed by atoms with Crippen LogP contribution in [-0.2, 0) is 25.7 Å². The molecule has 9 atom stereocenters. The zero-order valence-electron chi connectivity index (χ0n) is 71.0. The number of halogens is 6. The summed E-state index contributed by atoms with van der Waals surface area (Å²) in [7, 11) is 15.5. The van der Waals surface area contributed by atoms with E-state index in [1.165, 1.54) is 84.7 Å². The number of rotatable bonds is 20. The molecule has 0 radical (unpaired) electrons. The van der Waals surface area contributed by atoms with E-state index in [1.54, 1.807) is 21.3 Å². The molecule has 6 fully saturated rings. The van der Waals surface area contributed by atoms with Crippen LogP contribution >= 0.6 is 0 Å². The van der Waals surface area contributed by atoms with Gasteiger partial charge in [0.1, 0.15) is 13.3 Å². The first-order valence-corrected chi connectivity index (χ1v) is 41.3. The van der Waals surface area contributed by atoms with Crippen molar-refractivity contribution in [3.63, 3.8) is 0 Å². The molecule has 22 heteroatoms. The zero-order chi connectivity index (χ0) is 80.4. The van der Waals surface area contributed by atoms with Crippen molar-refractivity contribution in [2.75, 3.05) is 168 Å². The number of fused-ring (bicyclic) bond motifs is 12. The van der Waals surface area contributed by atoms with E-state index in [0.717, 1.165) is 134 Å². The summed E-state index contributed by atoms with van der Waals surface area (Å²) in [6, 6.07) is 20.4. The highest BCUT2D eigenvalue weighted by Crippen LogP contribution is 2.51. The molecular weight excluding hydrogens is 1420 g/mol. The first-order valence-electron chi connectivity index (χ1n) is 41.3. The molecule has 2 saturated carbocycles. The average molecular weight is 1560 g/mol. The minimum atomic E-state index is -4.22. The van der Waals surface area contributed by atoms with Crippen LogP contribution < -0.4 is 37.9 Å². The van der Waals surface area contributed by atoms with Crippen LogP contribution in [0, 0.1) is 33.5 Å². The van der Waals surface area contributed by atoms with Gasteiger partial charge in [0.15, 0.2) is 46.0 Å². The fourth-order valence-corrected chi connectivity index (χ4v) is 18.5. The molecule has 4 aromatic carbocycles. The van der Waals surface area contributed by atoms with Crippen molar-refractivity contribution in [2.45, 2.75) is 221 Å². The van der Waals surface area contributed by atoms with Crippen molar-refractivity contribution >= 4 is 0 Å². The maximum absolute atomic E-state index is 13.2. The largest absolute Gasteiger partial charge is 0.493 e. The number of alkyl halides is 6. The van der Waals surface area contributed by atoms with Crippen LogP contribution in [0.2, 0.25) is 0 Å². The van der Waals surface area contributed by atoms with Gasteiger partial charge < -0.3 is 57.5 Å². The Balaban J connectivity index is 0.000000147. The maximum Gasteiger partial charge on any atom is 0.392 e. The third kappa shape index (κ3) is 22.8. The Kier molecular flexibility index (Phi) is 27.7. The quantitative estimate of drug-likeness (QED) is 0.0784. The molecule has 8 aliphatic heterocycles. The van der Waals surface area contributed by atoms with Crippen LogP contribution in [0.4, 0.5) is 26.3 Å². The Labute approximate surface area is 661 Å². The highest BCUT2D eigenvalue weighted by Gasteiger charge is 2.57. The van der Waals surface area contributed by atoms with E-state index in [1.807, 2.05) is 18.2 Å². The molecule has 0 amide bonds. The standard InChI is InChI=1S/C23H34F2N2O2.C23H36N2O2.C22H33F3N2O2.C21H33FN2O2/c1-22(2,3)11-17-12-27-7-6-15-8-21(29-14-16-10-23(16,24)25)20(28-5)9-18(15)19(27)13-26(17)4;1-23(2,3)12-18-13-25-9-8-17-10-22(27-15-16-6-7-16)21(26-5)11-19(17)20(25)14-24(18)4;1-21(2,3)12-16-13-27-8-6-15-10-20(29-9-7-22(23,24)25)19(28-5)11-17(15)18(27)14-26(16)4;1-21(2,3)12-16-13-24-8-6-15-10-20(26-9-7-22)19(25-5)11-17(15)18(24)14-23(16)4/h8-9,16-17,19H,6-7,10-14H2,1-5H3;10-11,16,18,20H,6-9,12-15H2,1-5H3;10-11,16,18H,6-9,12-14H2,1-5H3;10-11,16,18H,6-9,12-14H2,1-5H3/t16?,17-,19-;18-,20-;2*16-,18-/m1111/s1. The van der Waals surface area contributed by atoms with Crippen molar-refractivity contribution in [1.29, 1.82) is 0 Å². The van der Waals surface area contributed by atoms with Gasteiger partial charge in [0.25, 0.3) is 5.92 Å². The van der Waals surface area contributed by atoms with Gasteiger partial charge in [-0.2, -0.15) is 13.2 Å². The topological polar surface area (TPSA) is 99.8 Å². The summed E-state index contributed by atoms with van der Waals surface area (Å²) in [6.45, 7) is 40.5. The van der Waals surface area contributed by atoms with Gasteiger partial charge in [-0.25, -0.2) is 13.2 Å². The van der Waals surface area contributed by atoms with Crippen molar-refractivity contribution in [3.8, 4) is 46.0 Å². The van der Waals surface area contributed by atoms with Crippen molar-refractivity contribution in [3.05, 3.63) is 93.0 Å². The Morgan fingerprint density at radius 2 is 0.649 bits per heavy atom. The Morgan fingerprint density at radius 1 is 0.378 bits per heavy atom. The molecule has 1 unspecified atom stereocenters. The molecule has 10 aliphatic rings. The van der Waals surface area contributed by atoms with Crippen LogP contribution in [0.5, 0.6) is 46.0 Å². The van der Waals surface area contributed by atoms with E-state index >= 15 is 0 Å². The molecule has 111 heavy (non-hydrogen) atoms.